The van der Waals surface area contributed by atoms with Crippen molar-refractivity contribution in [1.82, 2.24) is 0 Å². The highest BCUT2D eigenvalue weighted by Gasteiger charge is 2.27. The average Bonchev–Trinajstić information content (AvgIpc) is 2.29. The van der Waals surface area contributed by atoms with Crippen molar-refractivity contribution in [1.29, 1.82) is 0 Å². The van der Waals surface area contributed by atoms with E-state index in [4.69, 9.17) is 4.74 Å². The van der Waals surface area contributed by atoms with Crippen molar-refractivity contribution < 1.29 is 19.5 Å². The molecular formula is C15H24NO3+. The quantitative estimate of drug-likeness (QED) is 0.354. The number of nitrogens with zero attached hydrogens (tertiary/aromatic N) is 1. The molecule has 19 heavy (non-hydrogen) atoms. The molecule has 0 aliphatic carbocycles. The average molecular weight is 266 g/mol. The third kappa shape index (κ3) is 5.24. The lowest BCUT2D eigenvalue weighted by Crippen LogP contribution is -2.48. The molecule has 0 aliphatic rings. The Hall–Kier alpha value is -1.65. The maximum Gasteiger partial charge on any atom is 0.337 e. The predicted molar refractivity (Wildman–Crippen MR) is 76.2 cm³/mol. The van der Waals surface area contributed by atoms with Crippen molar-refractivity contribution in [3.8, 4) is 0 Å². The normalized spacial score (nSPS) is 12.2. The van der Waals surface area contributed by atoms with Crippen molar-refractivity contribution in [3.63, 3.8) is 0 Å². The van der Waals surface area contributed by atoms with E-state index in [0.717, 1.165) is 6.54 Å². The van der Waals surface area contributed by atoms with Gasteiger partial charge in [-0.15, -0.1) is 0 Å². The Labute approximate surface area is 115 Å². The van der Waals surface area contributed by atoms with E-state index in [0.29, 0.717) is 10.1 Å². The minimum atomic E-state index is -0.332. The van der Waals surface area contributed by atoms with Crippen LogP contribution in [0.3, 0.4) is 0 Å². The lowest BCUT2D eigenvalue weighted by molar-refractivity contribution is -0.945. The predicted octanol–water partition coefficient (Wildman–Crippen LogP) is 1.90. The number of quaternary nitrogens is 1. The molecule has 4 heteroatoms. The number of hydrogen-bond acceptors (Lipinski definition) is 2. The monoisotopic (exact) mass is 266 g/mol. The van der Waals surface area contributed by atoms with E-state index >= 15 is 0 Å². The van der Waals surface area contributed by atoms with E-state index in [2.05, 4.69) is 18.7 Å². The van der Waals surface area contributed by atoms with Crippen LogP contribution in [0.25, 0.3) is 0 Å². The molecule has 1 rings (SSSR count). The van der Waals surface area contributed by atoms with Crippen LogP contribution in [0.5, 0.6) is 0 Å². The number of benzene rings is 1. The number of carbonyl (C=O) groups is 1. The summed E-state index contributed by atoms with van der Waals surface area (Å²) in [6.07, 6.45) is -0.214. The summed E-state index contributed by atoms with van der Waals surface area (Å²) in [4.78, 5) is 11.5. The number of rotatable bonds is 5. The summed E-state index contributed by atoms with van der Waals surface area (Å²) in [6, 6.07) is 10.2. The highest BCUT2D eigenvalue weighted by atomic mass is 16.6. The number of ether oxygens (including phenoxy) is 1. The van der Waals surface area contributed by atoms with Crippen molar-refractivity contribution >= 4 is 5.97 Å². The second-order valence-corrected chi connectivity index (χ2v) is 5.21. The zero-order valence-corrected chi connectivity index (χ0v) is 12.1. The topological polar surface area (TPSA) is 57.8 Å². The van der Waals surface area contributed by atoms with Gasteiger partial charge in [-0.25, -0.2) is 4.79 Å². The van der Waals surface area contributed by atoms with Crippen LogP contribution in [0.1, 0.15) is 19.4 Å². The van der Waals surface area contributed by atoms with Crippen LogP contribution < -0.4 is 0 Å². The fourth-order valence-electron chi connectivity index (χ4n) is 1.58. The number of esters is 1. The van der Waals surface area contributed by atoms with Crippen molar-refractivity contribution in [3.05, 3.63) is 48.0 Å². The minimum Gasteiger partial charge on any atom is -0.412 e. The fraction of sp³-hybridized carbons (Fsp3) is 0.400. The third-order valence-electron chi connectivity index (χ3n) is 3.04. The van der Waals surface area contributed by atoms with E-state index < -0.39 is 0 Å². The maximum absolute atomic E-state index is 11.5. The molecule has 0 bridgehead atoms. The Morgan fingerprint density at radius 2 is 1.84 bits per heavy atom. The van der Waals surface area contributed by atoms with Crippen molar-refractivity contribution in [2.24, 2.45) is 0 Å². The van der Waals surface area contributed by atoms with Gasteiger partial charge in [-0.3, -0.25) is 4.48 Å². The second-order valence-electron chi connectivity index (χ2n) is 5.21. The second kappa shape index (κ2) is 7.07. The van der Waals surface area contributed by atoms with Gasteiger partial charge < -0.3 is 10.2 Å². The molecule has 0 radical (unpaired) electrons. The lowest BCUT2D eigenvalue weighted by atomic mass is 10.2. The summed E-state index contributed by atoms with van der Waals surface area (Å²) in [5, 5.41) is 0. The van der Waals surface area contributed by atoms with E-state index in [9.17, 15) is 4.79 Å². The van der Waals surface area contributed by atoms with Gasteiger partial charge in [-0.1, -0.05) is 36.9 Å². The molecule has 1 aromatic rings. The molecule has 0 saturated carbocycles. The Morgan fingerprint density at radius 1 is 1.32 bits per heavy atom. The summed E-state index contributed by atoms with van der Waals surface area (Å²) < 4.78 is 5.97. The zero-order chi connectivity index (χ0) is 13.8. The molecular weight excluding hydrogens is 242 g/mol. The molecule has 0 fully saturated rings. The first-order chi connectivity index (χ1) is 8.33. The Kier molecular flexibility index (Phi) is 6.45. The largest absolute Gasteiger partial charge is 0.412 e. The van der Waals surface area contributed by atoms with Gasteiger partial charge in [0.05, 0.1) is 14.1 Å². The van der Waals surface area contributed by atoms with E-state index in [1.54, 1.807) is 6.92 Å². The maximum atomic E-state index is 11.5. The van der Waals surface area contributed by atoms with Gasteiger partial charge in [0.2, 0.25) is 6.23 Å². The van der Waals surface area contributed by atoms with Crippen LogP contribution in [0, 0.1) is 0 Å². The summed E-state index contributed by atoms with van der Waals surface area (Å²) in [7, 11) is 4.09. The number of carbonyl (C=O) groups excluding carboxylic acids is 1. The third-order valence-corrected chi connectivity index (χ3v) is 3.04. The van der Waals surface area contributed by atoms with Gasteiger partial charge in [0.25, 0.3) is 0 Å². The molecule has 1 unspecified atom stereocenters. The van der Waals surface area contributed by atoms with Crippen LogP contribution in [0.2, 0.25) is 0 Å². The van der Waals surface area contributed by atoms with Gasteiger partial charge in [0.1, 0.15) is 6.54 Å². The molecule has 2 N–H and O–H groups in total. The molecule has 106 valence electrons. The lowest BCUT2D eigenvalue weighted by Gasteiger charge is -2.35. The van der Waals surface area contributed by atoms with E-state index in [-0.39, 0.29) is 17.7 Å². The Bertz CT molecular complexity index is 426. The van der Waals surface area contributed by atoms with Crippen molar-refractivity contribution in [2.45, 2.75) is 26.6 Å². The molecule has 4 nitrogen and oxygen atoms in total. The van der Waals surface area contributed by atoms with Crippen LogP contribution >= 0.6 is 0 Å². The summed E-state index contributed by atoms with van der Waals surface area (Å²) >= 11 is 0. The van der Waals surface area contributed by atoms with Gasteiger partial charge in [-0.2, -0.15) is 0 Å². The summed E-state index contributed by atoms with van der Waals surface area (Å²) in [5.41, 5.74) is 1.65. The smallest absolute Gasteiger partial charge is 0.337 e. The van der Waals surface area contributed by atoms with Gasteiger partial charge >= 0.3 is 5.97 Å². The van der Waals surface area contributed by atoms with Crippen LogP contribution in [0.15, 0.2) is 42.5 Å². The summed E-state index contributed by atoms with van der Waals surface area (Å²) in [5.74, 6) is -0.332. The van der Waals surface area contributed by atoms with E-state index in [1.807, 2.05) is 39.2 Å². The fourth-order valence-corrected chi connectivity index (χ4v) is 1.58. The van der Waals surface area contributed by atoms with E-state index in [1.165, 1.54) is 5.56 Å². The van der Waals surface area contributed by atoms with Crippen LogP contribution in [-0.4, -0.2) is 36.3 Å². The molecule has 0 amide bonds. The highest BCUT2D eigenvalue weighted by molar-refractivity contribution is 5.86. The van der Waals surface area contributed by atoms with Crippen molar-refractivity contribution in [2.75, 3.05) is 14.1 Å². The standard InChI is InChI=1S/C15H22NO2.H2O/c1-12(2)15(17)18-13(3)16(4,5)11-14-9-7-6-8-10-14;/h6-10,13H,1,11H2,2-5H3;1H2/q+1;. The molecule has 1 aromatic carbocycles. The molecule has 0 saturated heterocycles. The summed E-state index contributed by atoms with van der Waals surface area (Å²) in [6.45, 7) is 7.97. The van der Waals surface area contributed by atoms with Gasteiger partial charge in [0.15, 0.2) is 0 Å². The first kappa shape index (κ1) is 17.4. The first-order valence-corrected chi connectivity index (χ1v) is 6.06. The zero-order valence-electron chi connectivity index (χ0n) is 12.1. The molecule has 0 aromatic heterocycles. The molecule has 0 aliphatic heterocycles. The molecule has 0 spiro atoms. The van der Waals surface area contributed by atoms with Gasteiger partial charge in [0, 0.05) is 18.1 Å². The molecule has 1 atom stereocenters. The SMILES string of the molecule is C=C(C)C(=O)OC(C)[N+](C)(C)Cc1ccccc1.O. The van der Waals surface area contributed by atoms with Crippen LogP contribution in [0.4, 0.5) is 0 Å². The first-order valence-electron chi connectivity index (χ1n) is 6.06. The minimum absolute atomic E-state index is 0. The number of hydrogen-bond donors (Lipinski definition) is 0. The highest BCUT2D eigenvalue weighted by Crippen LogP contribution is 2.15. The van der Waals surface area contributed by atoms with Crippen LogP contribution in [-0.2, 0) is 16.1 Å². The Balaban J connectivity index is 0.00000324. The van der Waals surface area contributed by atoms with Gasteiger partial charge in [-0.05, 0) is 6.92 Å². The molecule has 0 heterocycles. The Morgan fingerprint density at radius 3 is 2.32 bits per heavy atom.